The van der Waals surface area contributed by atoms with Crippen LogP contribution in [0.5, 0.6) is 0 Å². The van der Waals surface area contributed by atoms with E-state index in [2.05, 4.69) is 6.58 Å². The van der Waals surface area contributed by atoms with E-state index in [1.807, 2.05) is 29.8 Å². The van der Waals surface area contributed by atoms with Crippen LogP contribution in [0, 0.1) is 0 Å². The van der Waals surface area contributed by atoms with Crippen LogP contribution < -0.4 is 0 Å². The summed E-state index contributed by atoms with van der Waals surface area (Å²) in [6.45, 7) is 6.64. The van der Waals surface area contributed by atoms with Crippen molar-refractivity contribution in [1.82, 2.24) is 4.57 Å². The van der Waals surface area contributed by atoms with Gasteiger partial charge in [0, 0.05) is 12.7 Å². The molecule has 0 fully saturated rings. The Kier molecular flexibility index (Phi) is 2.86. The molecule has 0 aromatic carbocycles. The largest absolute Gasteiger partial charge is 0.345 e. The molecular weight excluding hydrogens is 150 g/mol. The predicted molar refractivity (Wildman–Crippen MR) is 49.3 cm³/mol. The lowest BCUT2D eigenvalue weighted by Crippen LogP contribution is -2.00. The third kappa shape index (κ3) is 2.09. The molecule has 0 amide bonds. The van der Waals surface area contributed by atoms with E-state index in [4.69, 9.17) is 0 Å². The molecule has 1 rings (SSSR count). The maximum Gasteiger partial charge on any atom is 0.166 e. The summed E-state index contributed by atoms with van der Waals surface area (Å²) in [5.74, 6) is 0. The Bertz CT molecular complexity index is 286. The molecule has 12 heavy (non-hydrogen) atoms. The highest BCUT2D eigenvalue weighted by atomic mass is 16.1. The molecule has 0 aliphatic carbocycles. The smallest absolute Gasteiger partial charge is 0.166 e. The summed E-state index contributed by atoms with van der Waals surface area (Å²) in [5, 5.41) is 0. The average molecular weight is 163 g/mol. The fraction of sp³-hybridized carbons (Fsp3) is 0.300. The first-order valence-electron chi connectivity index (χ1n) is 3.98. The van der Waals surface area contributed by atoms with Gasteiger partial charge in [-0.25, -0.2) is 0 Å². The molecule has 0 radical (unpaired) electrons. The monoisotopic (exact) mass is 163 g/mol. The minimum atomic E-state index is 0.733. The van der Waals surface area contributed by atoms with Crippen molar-refractivity contribution >= 4 is 6.29 Å². The van der Waals surface area contributed by atoms with Crippen molar-refractivity contribution in [2.24, 2.45) is 0 Å². The van der Waals surface area contributed by atoms with Crippen LogP contribution in [0.25, 0.3) is 0 Å². The molecule has 0 unspecified atom stereocenters. The molecule has 1 aromatic rings. The van der Waals surface area contributed by atoms with Crippen LogP contribution in [0.2, 0.25) is 0 Å². The van der Waals surface area contributed by atoms with E-state index < -0.39 is 0 Å². The molecule has 0 saturated carbocycles. The lowest BCUT2D eigenvalue weighted by atomic mass is 10.2. The molecule has 0 saturated heterocycles. The number of carbonyl (C=O) groups excluding carboxylic acids is 1. The van der Waals surface area contributed by atoms with E-state index in [1.54, 1.807) is 0 Å². The Morgan fingerprint density at radius 3 is 3.08 bits per heavy atom. The van der Waals surface area contributed by atoms with E-state index in [1.165, 1.54) is 0 Å². The molecule has 2 nitrogen and oxygen atoms in total. The van der Waals surface area contributed by atoms with Gasteiger partial charge in [-0.1, -0.05) is 5.57 Å². The van der Waals surface area contributed by atoms with Gasteiger partial charge in [-0.15, -0.1) is 6.58 Å². The molecule has 0 aliphatic heterocycles. The number of hydrogen-bond donors (Lipinski definition) is 0. The van der Waals surface area contributed by atoms with Gasteiger partial charge in [0.15, 0.2) is 6.29 Å². The maximum atomic E-state index is 10.5. The molecular formula is C10H13NO. The summed E-state index contributed by atoms with van der Waals surface area (Å²) in [6, 6.07) is 3.69. The zero-order valence-corrected chi connectivity index (χ0v) is 7.29. The summed E-state index contributed by atoms with van der Waals surface area (Å²) in [7, 11) is 0. The van der Waals surface area contributed by atoms with Crippen LogP contribution in [-0.2, 0) is 6.54 Å². The number of hydrogen-bond acceptors (Lipinski definition) is 1. The quantitative estimate of drug-likeness (QED) is 0.493. The van der Waals surface area contributed by atoms with Crippen LogP contribution in [-0.4, -0.2) is 10.9 Å². The zero-order chi connectivity index (χ0) is 8.97. The minimum absolute atomic E-state index is 0.733. The first-order chi connectivity index (χ1) is 5.74. The van der Waals surface area contributed by atoms with Gasteiger partial charge >= 0.3 is 0 Å². The summed E-state index contributed by atoms with van der Waals surface area (Å²) >= 11 is 0. The van der Waals surface area contributed by atoms with E-state index in [0.29, 0.717) is 0 Å². The van der Waals surface area contributed by atoms with E-state index >= 15 is 0 Å². The molecule has 0 aliphatic rings. The molecule has 0 atom stereocenters. The van der Waals surface area contributed by atoms with Gasteiger partial charge in [-0.3, -0.25) is 4.79 Å². The SMILES string of the molecule is C=C(C)CCn1cccc1C=O. The molecule has 0 N–H and O–H groups in total. The van der Waals surface area contributed by atoms with Crippen LogP contribution in [0.1, 0.15) is 23.8 Å². The van der Waals surface area contributed by atoms with Crippen LogP contribution in [0.3, 0.4) is 0 Å². The Balaban J connectivity index is 2.62. The van der Waals surface area contributed by atoms with E-state index in [0.717, 1.165) is 30.5 Å². The standard InChI is InChI=1S/C10H13NO/c1-9(2)5-7-11-6-3-4-10(11)8-12/h3-4,6,8H,1,5,7H2,2H3. The predicted octanol–water partition coefficient (Wildman–Crippen LogP) is 2.27. The number of carbonyl (C=O) groups is 1. The zero-order valence-electron chi connectivity index (χ0n) is 7.29. The van der Waals surface area contributed by atoms with Crippen molar-refractivity contribution in [2.45, 2.75) is 19.9 Å². The molecule has 2 heteroatoms. The highest BCUT2D eigenvalue weighted by Gasteiger charge is 1.97. The second kappa shape index (κ2) is 3.90. The second-order valence-corrected chi connectivity index (χ2v) is 2.95. The minimum Gasteiger partial charge on any atom is -0.345 e. The molecule has 1 heterocycles. The summed E-state index contributed by atoms with van der Waals surface area (Å²) in [5.41, 5.74) is 1.87. The fourth-order valence-corrected chi connectivity index (χ4v) is 1.05. The third-order valence-electron chi connectivity index (χ3n) is 1.76. The van der Waals surface area contributed by atoms with Crippen LogP contribution in [0.4, 0.5) is 0 Å². The Morgan fingerprint density at radius 2 is 2.50 bits per heavy atom. The molecule has 0 spiro atoms. The normalized spacial score (nSPS) is 9.75. The van der Waals surface area contributed by atoms with Gasteiger partial charge in [0.05, 0.1) is 5.69 Å². The lowest BCUT2D eigenvalue weighted by Gasteiger charge is -2.03. The number of aryl methyl sites for hydroxylation is 1. The Labute approximate surface area is 72.5 Å². The van der Waals surface area contributed by atoms with Crippen molar-refractivity contribution in [2.75, 3.05) is 0 Å². The van der Waals surface area contributed by atoms with Gasteiger partial charge in [0.1, 0.15) is 0 Å². The lowest BCUT2D eigenvalue weighted by molar-refractivity contribution is 0.111. The summed E-state index contributed by atoms with van der Waals surface area (Å²) < 4.78 is 1.93. The topological polar surface area (TPSA) is 22.0 Å². The number of aromatic nitrogens is 1. The molecule has 1 aromatic heterocycles. The van der Waals surface area contributed by atoms with Crippen molar-refractivity contribution < 1.29 is 4.79 Å². The van der Waals surface area contributed by atoms with Gasteiger partial charge < -0.3 is 4.57 Å². The Hall–Kier alpha value is -1.31. The van der Waals surface area contributed by atoms with Gasteiger partial charge in [-0.05, 0) is 25.5 Å². The van der Waals surface area contributed by atoms with E-state index in [9.17, 15) is 4.79 Å². The highest BCUT2D eigenvalue weighted by molar-refractivity contribution is 5.72. The van der Waals surface area contributed by atoms with Gasteiger partial charge in [0.25, 0.3) is 0 Å². The van der Waals surface area contributed by atoms with Crippen molar-refractivity contribution in [1.29, 1.82) is 0 Å². The third-order valence-corrected chi connectivity index (χ3v) is 1.76. The van der Waals surface area contributed by atoms with Crippen molar-refractivity contribution in [3.05, 3.63) is 36.2 Å². The Morgan fingerprint density at radius 1 is 1.75 bits per heavy atom. The van der Waals surface area contributed by atoms with Gasteiger partial charge in [-0.2, -0.15) is 0 Å². The summed E-state index contributed by atoms with van der Waals surface area (Å²) in [6.07, 6.45) is 3.71. The second-order valence-electron chi connectivity index (χ2n) is 2.95. The maximum absolute atomic E-state index is 10.5. The molecule has 0 bridgehead atoms. The summed E-state index contributed by atoms with van der Waals surface area (Å²) in [4.78, 5) is 10.5. The number of aldehydes is 1. The van der Waals surface area contributed by atoms with Crippen molar-refractivity contribution in [3.8, 4) is 0 Å². The van der Waals surface area contributed by atoms with Crippen LogP contribution in [0.15, 0.2) is 30.5 Å². The first kappa shape index (κ1) is 8.78. The highest BCUT2D eigenvalue weighted by Crippen LogP contribution is 2.04. The van der Waals surface area contributed by atoms with E-state index in [-0.39, 0.29) is 0 Å². The number of allylic oxidation sites excluding steroid dienone is 1. The van der Waals surface area contributed by atoms with Crippen molar-refractivity contribution in [3.63, 3.8) is 0 Å². The number of rotatable bonds is 4. The van der Waals surface area contributed by atoms with Crippen LogP contribution >= 0.6 is 0 Å². The number of nitrogens with zero attached hydrogens (tertiary/aromatic N) is 1. The van der Waals surface area contributed by atoms with Gasteiger partial charge in [0.2, 0.25) is 0 Å². The molecule has 64 valence electrons. The first-order valence-corrected chi connectivity index (χ1v) is 3.98. The average Bonchev–Trinajstić information content (AvgIpc) is 2.47. The fourth-order valence-electron chi connectivity index (χ4n) is 1.05.